The van der Waals surface area contributed by atoms with Gasteiger partial charge in [0.05, 0.1) is 12.8 Å². The van der Waals surface area contributed by atoms with Gasteiger partial charge < -0.3 is 19.1 Å². The summed E-state index contributed by atoms with van der Waals surface area (Å²) < 4.78 is 16.5. The van der Waals surface area contributed by atoms with Gasteiger partial charge in [0.2, 0.25) is 0 Å². The average Bonchev–Trinajstić information content (AvgIpc) is 2.86. The Bertz CT molecular complexity index is 603. The van der Waals surface area contributed by atoms with Crippen molar-refractivity contribution in [2.45, 2.75) is 26.3 Å². The second kappa shape index (κ2) is 7.30. The maximum atomic E-state index is 12.0. The highest BCUT2D eigenvalue weighted by Gasteiger charge is 2.27. The predicted molar refractivity (Wildman–Crippen MR) is 92.3 cm³/mol. The third-order valence-electron chi connectivity index (χ3n) is 4.67. The summed E-state index contributed by atoms with van der Waals surface area (Å²) in [5.74, 6) is 0.780. The van der Waals surface area contributed by atoms with Crippen LogP contribution in [0.2, 0.25) is 0 Å². The fourth-order valence-electron chi connectivity index (χ4n) is 3.34. The maximum absolute atomic E-state index is 12.0. The molecule has 2 heterocycles. The number of nitrogens with zero attached hydrogens (tertiary/aromatic N) is 2. The van der Waals surface area contributed by atoms with Crippen LogP contribution in [0.1, 0.15) is 30.6 Å². The molecule has 2 aliphatic heterocycles. The van der Waals surface area contributed by atoms with E-state index in [0.717, 1.165) is 38.3 Å². The van der Waals surface area contributed by atoms with Crippen molar-refractivity contribution < 1.29 is 19.0 Å². The minimum absolute atomic E-state index is 0.398. The lowest BCUT2D eigenvalue weighted by Gasteiger charge is -2.30. The number of anilines is 1. The smallest absolute Gasteiger partial charge is 0.341 e. The molecule has 6 nitrogen and oxygen atoms in total. The lowest BCUT2D eigenvalue weighted by Crippen LogP contribution is -2.35. The molecular formula is C18H26N2O4. The molecule has 1 aromatic carbocycles. The SMILES string of the molecule is COC(=O)c1ccc(N2CCCN(C(C)C)CC2)c2c1OCCO2. The summed E-state index contributed by atoms with van der Waals surface area (Å²) in [5, 5.41) is 0. The summed E-state index contributed by atoms with van der Waals surface area (Å²) in [6.07, 6.45) is 1.10. The van der Waals surface area contributed by atoms with Crippen molar-refractivity contribution in [3.05, 3.63) is 17.7 Å². The molecule has 0 unspecified atom stereocenters. The van der Waals surface area contributed by atoms with Gasteiger partial charge in [-0.1, -0.05) is 0 Å². The van der Waals surface area contributed by atoms with Crippen LogP contribution in [-0.2, 0) is 4.74 Å². The number of ether oxygens (including phenoxy) is 3. The highest BCUT2D eigenvalue weighted by atomic mass is 16.6. The van der Waals surface area contributed by atoms with E-state index in [4.69, 9.17) is 14.2 Å². The molecule has 132 valence electrons. The van der Waals surface area contributed by atoms with Crippen molar-refractivity contribution in [1.82, 2.24) is 4.90 Å². The van der Waals surface area contributed by atoms with Crippen molar-refractivity contribution in [2.75, 3.05) is 51.4 Å². The van der Waals surface area contributed by atoms with Crippen molar-refractivity contribution in [1.29, 1.82) is 0 Å². The van der Waals surface area contributed by atoms with Crippen LogP contribution < -0.4 is 14.4 Å². The summed E-state index contributed by atoms with van der Waals surface area (Å²) in [7, 11) is 1.38. The van der Waals surface area contributed by atoms with Crippen LogP contribution in [-0.4, -0.2) is 63.4 Å². The normalized spacial score (nSPS) is 18.4. The zero-order valence-electron chi connectivity index (χ0n) is 14.7. The van der Waals surface area contributed by atoms with E-state index in [-0.39, 0.29) is 0 Å². The molecule has 24 heavy (non-hydrogen) atoms. The monoisotopic (exact) mass is 334 g/mol. The Balaban J connectivity index is 1.89. The van der Waals surface area contributed by atoms with E-state index >= 15 is 0 Å². The number of hydrogen-bond acceptors (Lipinski definition) is 6. The summed E-state index contributed by atoms with van der Waals surface area (Å²) in [6, 6.07) is 4.28. The van der Waals surface area contributed by atoms with Crippen LogP contribution in [0, 0.1) is 0 Å². The largest absolute Gasteiger partial charge is 0.485 e. The number of methoxy groups -OCH3 is 1. The number of rotatable bonds is 3. The third-order valence-corrected chi connectivity index (χ3v) is 4.67. The van der Waals surface area contributed by atoms with Crippen molar-refractivity contribution in [3.8, 4) is 11.5 Å². The first-order valence-electron chi connectivity index (χ1n) is 8.61. The van der Waals surface area contributed by atoms with Crippen molar-refractivity contribution in [3.63, 3.8) is 0 Å². The molecule has 0 saturated carbocycles. The van der Waals surface area contributed by atoms with Crippen LogP contribution >= 0.6 is 0 Å². The maximum Gasteiger partial charge on any atom is 0.341 e. The van der Waals surface area contributed by atoms with Crippen LogP contribution in [0.5, 0.6) is 11.5 Å². The van der Waals surface area contributed by atoms with E-state index in [2.05, 4.69) is 23.6 Å². The Morgan fingerprint density at radius 3 is 2.54 bits per heavy atom. The molecule has 0 amide bonds. The van der Waals surface area contributed by atoms with E-state index in [1.54, 1.807) is 6.07 Å². The molecule has 1 fully saturated rings. The molecule has 0 spiro atoms. The molecular weight excluding hydrogens is 308 g/mol. The Morgan fingerprint density at radius 1 is 1.08 bits per heavy atom. The van der Waals surface area contributed by atoms with Gasteiger partial charge in [0.25, 0.3) is 0 Å². The van der Waals surface area contributed by atoms with Crippen LogP contribution in [0.15, 0.2) is 12.1 Å². The first-order valence-corrected chi connectivity index (χ1v) is 8.61. The second-order valence-electron chi connectivity index (χ2n) is 6.45. The Hall–Kier alpha value is -1.95. The zero-order valence-corrected chi connectivity index (χ0v) is 14.7. The quantitative estimate of drug-likeness (QED) is 0.790. The summed E-state index contributed by atoms with van der Waals surface area (Å²) in [4.78, 5) is 16.8. The van der Waals surface area contributed by atoms with E-state index in [9.17, 15) is 4.79 Å². The first-order chi connectivity index (χ1) is 11.6. The summed E-state index contributed by atoms with van der Waals surface area (Å²) in [5.41, 5.74) is 1.43. The standard InChI is InChI=1S/C18H26N2O4/c1-13(2)19-7-4-8-20(10-9-19)15-6-5-14(18(21)22-3)16-17(15)24-12-11-23-16/h5-6,13H,4,7-12H2,1-3H3. The molecule has 6 heteroatoms. The molecule has 1 aromatic rings. The lowest BCUT2D eigenvalue weighted by molar-refractivity contribution is 0.0590. The predicted octanol–water partition coefficient (Wildman–Crippen LogP) is 2.16. The molecule has 0 N–H and O–H groups in total. The molecule has 2 aliphatic rings. The van der Waals surface area contributed by atoms with Gasteiger partial charge in [-0.05, 0) is 32.4 Å². The highest BCUT2D eigenvalue weighted by molar-refractivity contribution is 5.95. The molecule has 0 radical (unpaired) electrons. The fraction of sp³-hybridized carbons (Fsp3) is 0.611. The van der Waals surface area contributed by atoms with Gasteiger partial charge in [-0.2, -0.15) is 0 Å². The number of fused-ring (bicyclic) bond motifs is 1. The number of esters is 1. The molecule has 3 rings (SSSR count). The molecule has 0 aliphatic carbocycles. The molecule has 1 saturated heterocycles. The van der Waals surface area contributed by atoms with Gasteiger partial charge >= 0.3 is 5.97 Å². The molecule has 0 aromatic heterocycles. The first kappa shape index (κ1) is 16.9. The van der Waals surface area contributed by atoms with E-state index < -0.39 is 5.97 Å². The number of carbonyl (C=O) groups is 1. The zero-order chi connectivity index (χ0) is 17.1. The Morgan fingerprint density at radius 2 is 1.83 bits per heavy atom. The minimum Gasteiger partial charge on any atom is -0.485 e. The lowest BCUT2D eigenvalue weighted by atomic mass is 10.1. The van der Waals surface area contributed by atoms with Crippen molar-refractivity contribution in [2.24, 2.45) is 0 Å². The minimum atomic E-state index is -0.398. The Kier molecular flexibility index (Phi) is 5.14. The van der Waals surface area contributed by atoms with Crippen LogP contribution in [0.4, 0.5) is 5.69 Å². The fourth-order valence-corrected chi connectivity index (χ4v) is 3.34. The second-order valence-corrected chi connectivity index (χ2v) is 6.45. The van der Waals surface area contributed by atoms with Crippen LogP contribution in [0.3, 0.4) is 0 Å². The molecule has 0 bridgehead atoms. The third kappa shape index (κ3) is 3.29. The van der Waals surface area contributed by atoms with Crippen LogP contribution in [0.25, 0.3) is 0 Å². The summed E-state index contributed by atoms with van der Waals surface area (Å²) >= 11 is 0. The number of carbonyl (C=O) groups excluding carboxylic acids is 1. The average molecular weight is 334 g/mol. The highest BCUT2D eigenvalue weighted by Crippen LogP contribution is 2.42. The van der Waals surface area contributed by atoms with Gasteiger partial charge in [0, 0.05) is 32.2 Å². The van der Waals surface area contributed by atoms with Gasteiger partial charge in [-0.3, -0.25) is 4.90 Å². The number of hydrogen-bond donors (Lipinski definition) is 0. The van der Waals surface area contributed by atoms with E-state index in [1.807, 2.05) is 6.07 Å². The van der Waals surface area contributed by atoms with Gasteiger partial charge in [0.1, 0.15) is 18.8 Å². The van der Waals surface area contributed by atoms with Gasteiger partial charge in [-0.15, -0.1) is 0 Å². The number of benzene rings is 1. The van der Waals surface area contributed by atoms with Crippen molar-refractivity contribution >= 4 is 11.7 Å². The molecule has 0 atom stereocenters. The van der Waals surface area contributed by atoms with Gasteiger partial charge in [-0.25, -0.2) is 4.79 Å². The topological polar surface area (TPSA) is 51.2 Å². The Labute approximate surface area is 143 Å². The van der Waals surface area contributed by atoms with E-state index in [0.29, 0.717) is 36.3 Å². The summed E-state index contributed by atoms with van der Waals surface area (Å²) in [6.45, 7) is 9.44. The van der Waals surface area contributed by atoms with E-state index in [1.165, 1.54) is 7.11 Å². The van der Waals surface area contributed by atoms with Gasteiger partial charge in [0.15, 0.2) is 11.5 Å².